The molecule has 0 radical (unpaired) electrons. The van der Waals surface area contributed by atoms with Gasteiger partial charge in [-0.2, -0.15) is 8.42 Å². The first-order valence-electron chi connectivity index (χ1n) is 2.20. The summed E-state index contributed by atoms with van der Waals surface area (Å²) in [5, 5.41) is 7.88. The molecule has 0 rings (SSSR count). The molecule has 0 saturated carbocycles. The fourth-order valence-electron chi connectivity index (χ4n) is 0. The highest BCUT2D eigenvalue weighted by Crippen LogP contribution is 2.05. The van der Waals surface area contributed by atoms with Crippen LogP contribution in [0.15, 0.2) is 0 Å². The molecule has 1 N–H and O–H groups in total. The Hall–Kier alpha value is -0.780. The highest BCUT2D eigenvalue weighted by Gasteiger charge is 2.24. The van der Waals surface area contributed by atoms with Gasteiger partial charge in [0.2, 0.25) is 5.67 Å². The van der Waals surface area contributed by atoms with E-state index < -0.39 is 23.2 Å². The number of hydrogen-bond acceptors (Lipinski definition) is 3. The zero-order valence-electron chi connectivity index (χ0n) is 5.46. The molecule has 0 fully saturated rings. The molecule has 0 aromatic rings. The maximum Gasteiger partial charge on any atom is 0.340 e. The number of carboxylic acids is 1. The molecule has 0 aliphatic heterocycles. The van der Waals surface area contributed by atoms with Crippen molar-refractivity contribution in [2.45, 2.75) is 19.5 Å². The fraction of sp³-hybridized carbons (Fsp3) is 0.750. The van der Waals surface area contributed by atoms with Crippen molar-refractivity contribution < 1.29 is 22.7 Å². The predicted octanol–water partition coefficient (Wildman–Crippen LogP) is 0.149. The monoisotopic (exact) mass is 170 g/mol. The van der Waals surface area contributed by atoms with Crippen molar-refractivity contribution in [1.82, 2.24) is 0 Å². The Morgan fingerprint density at radius 2 is 1.60 bits per heavy atom. The van der Waals surface area contributed by atoms with E-state index in [0.29, 0.717) is 0 Å². The minimum absolute atomic E-state index is 0.750. The topological polar surface area (TPSA) is 71.4 Å². The zero-order valence-corrected chi connectivity index (χ0v) is 6.27. The van der Waals surface area contributed by atoms with E-state index in [2.05, 4.69) is 0 Å². The lowest BCUT2D eigenvalue weighted by atomic mass is 10.2. The molecule has 0 heterocycles. The summed E-state index contributed by atoms with van der Waals surface area (Å²) in [4.78, 5) is 9.65. The van der Waals surface area contributed by atoms with Crippen LogP contribution in [0.3, 0.4) is 0 Å². The van der Waals surface area contributed by atoms with Crippen molar-refractivity contribution in [2.75, 3.05) is 0 Å². The summed E-state index contributed by atoms with van der Waals surface area (Å²) >= 11 is -0.750. The molecule has 0 aromatic carbocycles. The van der Waals surface area contributed by atoms with Crippen molar-refractivity contribution in [3.63, 3.8) is 0 Å². The van der Waals surface area contributed by atoms with Crippen LogP contribution in [0.4, 0.5) is 4.39 Å². The SMILES string of the molecule is CC(C)(F)C(=O)O.O=S=O. The number of carboxylic acid groups (broad SMARTS) is 1. The molecule has 0 aliphatic rings. The van der Waals surface area contributed by atoms with Crippen LogP contribution in [0.25, 0.3) is 0 Å². The number of aliphatic carboxylic acids is 1. The lowest BCUT2D eigenvalue weighted by Crippen LogP contribution is -2.24. The summed E-state index contributed by atoms with van der Waals surface area (Å²) in [6.07, 6.45) is 0. The second-order valence-electron chi connectivity index (χ2n) is 1.85. The molecule has 60 valence electrons. The molecule has 0 amide bonds. The first-order valence-corrected chi connectivity index (χ1v) is 2.87. The maximum absolute atomic E-state index is 11.9. The molecule has 0 bridgehead atoms. The maximum atomic E-state index is 11.9. The Balaban J connectivity index is 0. The van der Waals surface area contributed by atoms with Gasteiger partial charge >= 0.3 is 17.5 Å². The lowest BCUT2D eigenvalue weighted by molar-refractivity contribution is -0.148. The normalized spacial score (nSPS) is 9.10. The second-order valence-corrected chi connectivity index (χ2v) is 1.98. The minimum atomic E-state index is -2.08. The third kappa shape index (κ3) is 10.3. The zero-order chi connectivity index (χ0) is 8.78. The highest BCUT2D eigenvalue weighted by molar-refractivity contribution is 7.51. The van der Waals surface area contributed by atoms with E-state index in [1.54, 1.807) is 0 Å². The Labute approximate surface area is 60.7 Å². The van der Waals surface area contributed by atoms with Crippen LogP contribution < -0.4 is 0 Å². The number of alkyl halides is 1. The third-order valence-electron chi connectivity index (χ3n) is 0.509. The van der Waals surface area contributed by atoms with Crippen LogP contribution in [0.1, 0.15) is 13.8 Å². The molecule has 0 aliphatic carbocycles. The average Bonchev–Trinajstić information content (AvgIpc) is 1.64. The van der Waals surface area contributed by atoms with Gasteiger partial charge in [-0.1, -0.05) is 0 Å². The summed E-state index contributed by atoms with van der Waals surface area (Å²) in [5.74, 6) is -1.42. The molecule has 6 heteroatoms. The van der Waals surface area contributed by atoms with Crippen molar-refractivity contribution >= 4 is 17.5 Å². The lowest BCUT2D eigenvalue weighted by Gasteiger charge is -2.03. The van der Waals surface area contributed by atoms with Crippen molar-refractivity contribution in [3.8, 4) is 0 Å². The molecule has 10 heavy (non-hydrogen) atoms. The van der Waals surface area contributed by atoms with E-state index in [4.69, 9.17) is 13.5 Å². The minimum Gasteiger partial charge on any atom is -0.479 e. The second kappa shape index (κ2) is 5.04. The standard InChI is InChI=1S/C4H7FO2.O2S/c1-4(2,5)3(6)7;1-3-2/h1-2H3,(H,6,7);. The third-order valence-corrected chi connectivity index (χ3v) is 0.509. The van der Waals surface area contributed by atoms with Gasteiger partial charge in [-0.3, -0.25) is 0 Å². The summed E-state index contributed by atoms with van der Waals surface area (Å²) < 4.78 is 28.5. The first kappa shape index (κ1) is 12.0. The van der Waals surface area contributed by atoms with E-state index in [1.807, 2.05) is 0 Å². The summed E-state index contributed by atoms with van der Waals surface area (Å²) in [5.41, 5.74) is -2.08. The number of hydrogen-bond donors (Lipinski definition) is 1. The Morgan fingerprint density at radius 1 is 1.50 bits per heavy atom. The Kier molecular flexibility index (Phi) is 6.02. The predicted molar refractivity (Wildman–Crippen MR) is 31.7 cm³/mol. The van der Waals surface area contributed by atoms with Gasteiger partial charge in [0, 0.05) is 0 Å². The van der Waals surface area contributed by atoms with Gasteiger partial charge in [0.25, 0.3) is 0 Å². The highest BCUT2D eigenvalue weighted by atomic mass is 32.1. The van der Waals surface area contributed by atoms with Crippen LogP contribution in [0, 0.1) is 0 Å². The van der Waals surface area contributed by atoms with Crippen molar-refractivity contribution in [3.05, 3.63) is 0 Å². The molecule has 0 aromatic heterocycles. The van der Waals surface area contributed by atoms with Crippen molar-refractivity contribution in [1.29, 1.82) is 0 Å². The summed E-state index contributed by atoms with van der Waals surface area (Å²) in [7, 11) is 0. The van der Waals surface area contributed by atoms with Gasteiger partial charge in [0.1, 0.15) is 0 Å². The summed E-state index contributed by atoms with van der Waals surface area (Å²) in [6, 6.07) is 0. The summed E-state index contributed by atoms with van der Waals surface area (Å²) in [6.45, 7) is 1.99. The quantitative estimate of drug-likeness (QED) is 0.608. The van der Waals surface area contributed by atoms with Crippen LogP contribution in [-0.4, -0.2) is 25.2 Å². The molecule has 0 spiro atoms. The Morgan fingerprint density at radius 3 is 1.60 bits per heavy atom. The fourth-order valence-corrected chi connectivity index (χ4v) is 0. The molecule has 4 nitrogen and oxygen atoms in total. The van der Waals surface area contributed by atoms with E-state index in [0.717, 1.165) is 13.8 Å². The van der Waals surface area contributed by atoms with Crippen LogP contribution in [0.2, 0.25) is 0 Å². The van der Waals surface area contributed by atoms with Crippen LogP contribution in [-0.2, 0) is 16.4 Å². The van der Waals surface area contributed by atoms with Gasteiger partial charge in [-0.25, -0.2) is 9.18 Å². The molecular weight excluding hydrogens is 163 g/mol. The average molecular weight is 170 g/mol. The smallest absolute Gasteiger partial charge is 0.340 e. The van der Waals surface area contributed by atoms with E-state index in [-0.39, 0.29) is 0 Å². The van der Waals surface area contributed by atoms with Gasteiger partial charge in [-0.05, 0) is 13.8 Å². The van der Waals surface area contributed by atoms with E-state index >= 15 is 0 Å². The van der Waals surface area contributed by atoms with Gasteiger partial charge in [0.15, 0.2) is 0 Å². The van der Waals surface area contributed by atoms with Gasteiger partial charge < -0.3 is 5.11 Å². The molecule has 0 unspecified atom stereocenters. The van der Waals surface area contributed by atoms with E-state index in [1.165, 1.54) is 0 Å². The Bertz CT molecular complexity index is 144. The van der Waals surface area contributed by atoms with E-state index in [9.17, 15) is 9.18 Å². The largest absolute Gasteiger partial charge is 0.479 e. The van der Waals surface area contributed by atoms with Crippen LogP contribution in [0.5, 0.6) is 0 Å². The molecule has 0 saturated heterocycles. The number of halogens is 1. The number of carbonyl (C=O) groups is 1. The van der Waals surface area contributed by atoms with Crippen molar-refractivity contribution in [2.24, 2.45) is 0 Å². The van der Waals surface area contributed by atoms with Crippen LogP contribution >= 0.6 is 0 Å². The van der Waals surface area contributed by atoms with Gasteiger partial charge in [0.05, 0.1) is 0 Å². The molecular formula is C4H7FO4S. The molecule has 0 atom stereocenters. The first-order chi connectivity index (χ1) is 4.36. The van der Waals surface area contributed by atoms with Gasteiger partial charge in [-0.15, -0.1) is 0 Å². The number of rotatable bonds is 1.